The van der Waals surface area contributed by atoms with Gasteiger partial charge in [-0.15, -0.1) is 0 Å². The number of nitrogens with two attached hydrogens (primary N) is 1. The van der Waals surface area contributed by atoms with E-state index in [9.17, 15) is 4.79 Å². The van der Waals surface area contributed by atoms with Gasteiger partial charge in [0.15, 0.2) is 5.65 Å². The number of fused-ring (bicyclic) bond motifs is 1. The van der Waals surface area contributed by atoms with E-state index < -0.39 is 0 Å². The molecule has 2 rings (SSSR count). The van der Waals surface area contributed by atoms with Gasteiger partial charge in [-0.1, -0.05) is 13.3 Å². The topological polar surface area (TPSA) is 87.6 Å². The van der Waals surface area contributed by atoms with Gasteiger partial charge in [0, 0.05) is 12.2 Å². The van der Waals surface area contributed by atoms with Crippen molar-refractivity contribution in [1.82, 2.24) is 15.2 Å². The molecule has 0 bridgehead atoms. The number of nitrogens with one attached hydrogen (secondary N) is 2. The van der Waals surface area contributed by atoms with Crippen molar-refractivity contribution in [2.24, 2.45) is 5.73 Å². The number of aromatic nitrogens is 3. The molecule has 5 heteroatoms. The Labute approximate surface area is 86.7 Å². The van der Waals surface area contributed by atoms with Crippen LogP contribution in [0.5, 0.6) is 0 Å². The van der Waals surface area contributed by atoms with Crippen LogP contribution >= 0.6 is 0 Å². The van der Waals surface area contributed by atoms with Gasteiger partial charge < -0.3 is 5.73 Å². The fourth-order valence-electron chi connectivity index (χ4n) is 1.72. The summed E-state index contributed by atoms with van der Waals surface area (Å²) >= 11 is 0. The van der Waals surface area contributed by atoms with E-state index in [4.69, 9.17) is 5.73 Å². The van der Waals surface area contributed by atoms with Crippen LogP contribution < -0.4 is 11.3 Å². The number of hydrogen-bond donors (Lipinski definition) is 3. The highest BCUT2D eigenvalue weighted by atomic mass is 16.1. The van der Waals surface area contributed by atoms with Crippen LogP contribution in [0.2, 0.25) is 0 Å². The zero-order valence-corrected chi connectivity index (χ0v) is 8.63. The van der Waals surface area contributed by atoms with Gasteiger partial charge in [0.25, 0.3) is 5.56 Å². The summed E-state index contributed by atoms with van der Waals surface area (Å²) in [5.74, 6) is 0. The lowest BCUT2D eigenvalue weighted by atomic mass is 10.1. The molecule has 2 heterocycles. The maximum atomic E-state index is 11.4. The van der Waals surface area contributed by atoms with E-state index in [0.717, 1.165) is 24.1 Å². The van der Waals surface area contributed by atoms with Crippen LogP contribution in [0.3, 0.4) is 0 Å². The Morgan fingerprint density at radius 3 is 2.93 bits per heavy atom. The first-order chi connectivity index (χ1) is 7.26. The Morgan fingerprint density at radius 2 is 2.27 bits per heavy atom. The van der Waals surface area contributed by atoms with Gasteiger partial charge in [-0.2, -0.15) is 0 Å². The highest BCUT2D eigenvalue weighted by molar-refractivity contribution is 5.78. The molecule has 2 aromatic rings. The number of H-pyrrole nitrogens is 2. The molecule has 4 N–H and O–H groups in total. The van der Waals surface area contributed by atoms with Crippen molar-refractivity contribution in [3.8, 4) is 0 Å². The first-order valence-electron chi connectivity index (χ1n) is 5.05. The Bertz CT molecular complexity index is 526. The predicted octanol–water partition coefficient (Wildman–Crippen LogP) is 0.662. The number of rotatable bonds is 3. The molecule has 0 atom stereocenters. The van der Waals surface area contributed by atoms with Crippen LogP contribution in [0.25, 0.3) is 11.0 Å². The molecule has 0 saturated heterocycles. The predicted molar refractivity (Wildman–Crippen MR) is 58.6 cm³/mol. The van der Waals surface area contributed by atoms with Gasteiger partial charge in [0.1, 0.15) is 0 Å². The quantitative estimate of drug-likeness (QED) is 0.689. The van der Waals surface area contributed by atoms with Gasteiger partial charge in [0.05, 0.1) is 5.39 Å². The molecule has 15 heavy (non-hydrogen) atoms. The van der Waals surface area contributed by atoms with E-state index in [1.807, 2.05) is 6.07 Å². The molecular weight excluding hydrogens is 192 g/mol. The summed E-state index contributed by atoms with van der Waals surface area (Å²) in [6.07, 6.45) is 1.92. The van der Waals surface area contributed by atoms with E-state index in [0.29, 0.717) is 17.6 Å². The lowest BCUT2D eigenvalue weighted by molar-refractivity contribution is 0.881. The molecule has 0 fully saturated rings. The first kappa shape index (κ1) is 9.92. The highest BCUT2D eigenvalue weighted by Crippen LogP contribution is 2.13. The molecule has 0 aliphatic heterocycles. The Morgan fingerprint density at radius 1 is 1.47 bits per heavy atom. The molecule has 0 aliphatic rings. The van der Waals surface area contributed by atoms with Crippen molar-refractivity contribution >= 4 is 11.0 Å². The molecule has 0 spiro atoms. The highest BCUT2D eigenvalue weighted by Gasteiger charge is 2.09. The monoisotopic (exact) mass is 206 g/mol. The largest absolute Gasteiger partial charge is 0.326 e. The summed E-state index contributed by atoms with van der Waals surface area (Å²) in [7, 11) is 0. The summed E-state index contributed by atoms with van der Waals surface area (Å²) in [6.45, 7) is 2.45. The van der Waals surface area contributed by atoms with E-state index in [1.54, 1.807) is 0 Å². The number of aryl methyl sites for hydroxylation is 1. The average Bonchev–Trinajstić information content (AvgIpc) is 2.60. The fraction of sp³-hybridized carbons (Fsp3) is 0.400. The van der Waals surface area contributed by atoms with Crippen molar-refractivity contribution < 1.29 is 0 Å². The second-order valence-electron chi connectivity index (χ2n) is 3.53. The van der Waals surface area contributed by atoms with Crippen molar-refractivity contribution in [3.63, 3.8) is 0 Å². The Hall–Kier alpha value is -1.62. The minimum absolute atomic E-state index is 0.152. The summed E-state index contributed by atoms with van der Waals surface area (Å²) in [5.41, 5.74) is 7.89. The lowest BCUT2D eigenvalue weighted by Crippen LogP contribution is -2.06. The third kappa shape index (κ3) is 1.66. The minimum Gasteiger partial charge on any atom is -0.326 e. The Kier molecular flexibility index (Phi) is 2.55. The van der Waals surface area contributed by atoms with Crippen LogP contribution in [-0.4, -0.2) is 15.2 Å². The molecule has 5 nitrogen and oxygen atoms in total. The smallest absolute Gasteiger partial charge is 0.273 e. The third-order valence-electron chi connectivity index (χ3n) is 2.40. The first-order valence-corrected chi connectivity index (χ1v) is 5.05. The molecule has 2 aromatic heterocycles. The molecule has 0 amide bonds. The Balaban J connectivity index is 2.67. The van der Waals surface area contributed by atoms with E-state index in [2.05, 4.69) is 22.1 Å². The molecule has 0 unspecified atom stereocenters. The molecule has 0 aliphatic carbocycles. The average molecular weight is 206 g/mol. The molecular formula is C10H14N4O. The normalized spacial score (nSPS) is 11.1. The number of hydrogen-bond acceptors (Lipinski definition) is 3. The van der Waals surface area contributed by atoms with E-state index in [1.165, 1.54) is 0 Å². The van der Waals surface area contributed by atoms with Crippen molar-refractivity contribution in [3.05, 3.63) is 27.7 Å². The summed E-state index contributed by atoms with van der Waals surface area (Å²) in [4.78, 5) is 15.8. The van der Waals surface area contributed by atoms with Crippen LogP contribution in [0.15, 0.2) is 10.9 Å². The van der Waals surface area contributed by atoms with Crippen LogP contribution in [-0.2, 0) is 13.0 Å². The van der Waals surface area contributed by atoms with E-state index in [-0.39, 0.29) is 5.56 Å². The van der Waals surface area contributed by atoms with Crippen molar-refractivity contribution in [1.29, 1.82) is 0 Å². The summed E-state index contributed by atoms with van der Waals surface area (Å²) in [5, 5.41) is 5.86. The van der Waals surface area contributed by atoms with Crippen LogP contribution in [0.1, 0.15) is 24.6 Å². The lowest BCUT2D eigenvalue weighted by Gasteiger charge is -2.02. The molecule has 80 valence electrons. The zero-order valence-electron chi connectivity index (χ0n) is 8.63. The molecule has 0 saturated carbocycles. The van der Waals surface area contributed by atoms with Gasteiger partial charge in [0.2, 0.25) is 0 Å². The maximum Gasteiger partial charge on any atom is 0.273 e. The van der Waals surface area contributed by atoms with Gasteiger partial charge in [-0.3, -0.25) is 15.0 Å². The SMILES string of the molecule is CCCc1cc(CN)c2c(=O)[nH][nH]c2n1. The number of pyridine rings is 1. The molecule has 0 aromatic carbocycles. The van der Waals surface area contributed by atoms with Crippen LogP contribution in [0, 0.1) is 0 Å². The minimum atomic E-state index is -0.152. The third-order valence-corrected chi connectivity index (χ3v) is 2.40. The van der Waals surface area contributed by atoms with Crippen molar-refractivity contribution in [2.45, 2.75) is 26.3 Å². The van der Waals surface area contributed by atoms with Crippen molar-refractivity contribution in [2.75, 3.05) is 0 Å². The second-order valence-corrected chi connectivity index (χ2v) is 3.53. The van der Waals surface area contributed by atoms with Gasteiger partial charge in [-0.05, 0) is 18.1 Å². The van der Waals surface area contributed by atoms with Crippen LogP contribution in [0.4, 0.5) is 0 Å². The van der Waals surface area contributed by atoms with Gasteiger partial charge >= 0.3 is 0 Å². The van der Waals surface area contributed by atoms with Gasteiger partial charge in [-0.25, -0.2) is 4.98 Å². The standard InChI is InChI=1S/C10H14N4O/c1-2-3-7-4-6(5-11)8-9(12-7)13-14-10(8)15/h4H,2-3,5,11H2,1H3,(H2,12,13,14,15). The van der Waals surface area contributed by atoms with E-state index >= 15 is 0 Å². The fourth-order valence-corrected chi connectivity index (χ4v) is 1.72. The molecule has 0 radical (unpaired) electrons. The maximum absolute atomic E-state index is 11.4. The summed E-state index contributed by atoms with van der Waals surface area (Å²) in [6, 6.07) is 1.91. The number of nitrogens with zero attached hydrogens (tertiary/aromatic N) is 1. The zero-order chi connectivity index (χ0) is 10.8. The second kappa shape index (κ2) is 3.86. The summed E-state index contributed by atoms with van der Waals surface area (Å²) < 4.78 is 0. The number of aromatic amines is 2.